The van der Waals surface area contributed by atoms with Crippen molar-refractivity contribution in [2.45, 2.75) is 19.8 Å². The van der Waals surface area contributed by atoms with Crippen molar-refractivity contribution in [3.8, 4) is 22.6 Å². The van der Waals surface area contributed by atoms with E-state index in [0.717, 1.165) is 33.5 Å². The molecule has 0 radical (unpaired) electrons. The van der Waals surface area contributed by atoms with Crippen molar-refractivity contribution in [1.29, 1.82) is 0 Å². The maximum Gasteiger partial charge on any atom is 0.157 e. The van der Waals surface area contributed by atoms with E-state index in [2.05, 4.69) is 77.6 Å². The number of nitrogens with zero attached hydrogens (tertiary/aromatic N) is 2. The van der Waals surface area contributed by atoms with E-state index >= 15 is 0 Å². The molecule has 27 heavy (non-hydrogen) atoms. The lowest BCUT2D eigenvalue weighted by atomic mass is 9.99. The summed E-state index contributed by atoms with van der Waals surface area (Å²) in [6.07, 6.45) is 0. The van der Waals surface area contributed by atoms with Crippen molar-refractivity contribution in [1.82, 2.24) is 20.2 Å². The number of H-pyrrole nitrogens is 2. The molecule has 0 aliphatic heterocycles. The zero-order valence-corrected chi connectivity index (χ0v) is 15.3. The number of imidazole rings is 1. The molecule has 2 heterocycles. The molecule has 2 aromatic heterocycles. The summed E-state index contributed by atoms with van der Waals surface area (Å²) in [5, 5.41) is 8.55. The van der Waals surface area contributed by atoms with Gasteiger partial charge in [0.05, 0.1) is 16.6 Å². The number of aromatic nitrogens is 4. The fourth-order valence-corrected chi connectivity index (χ4v) is 3.51. The predicted octanol–water partition coefficient (Wildman–Crippen LogP) is 5.90. The second kappa shape index (κ2) is 6.09. The van der Waals surface area contributed by atoms with Crippen molar-refractivity contribution < 1.29 is 0 Å². The van der Waals surface area contributed by atoms with Gasteiger partial charge in [-0.05, 0) is 40.8 Å². The summed E-state index contributed by atoms with van der Waals surface area (Å²) in [7, 11) is 0. The first-order valence-corrected chi connectivity index (χ1v) is 9.22. The van der Waals surface area contributed by atoms with E-state index in [4.69, 9.17) is 4.98 Å². The van der Waals surface area contributed by atoms with Gasteiger partial charge < -0.3 is 4.98 Å². The molecule has 4 nitrogen and oxygen atoms in total. The van der Waals surface area contributed by atoms with Gasteiger partial charge in [0.25, 0.3) is 0 Å². The summed E-state index contributed by atoms with van der Waals surface area (Å²) in [6, 6.07) is 23.2. The predicted molar refractivity (Wildman–Crippen MR) is 111 cm³/mol. The van der Waals surface area contributed by atoms with Gasteiger partial charge in [-0.3, -0.25) is 5.10 Å². The van der Waals surface area contributed by atoms with Crippen molar-refractivity contribution >= 4 is 21.9 Å². The number of benzene rings is 3. The number of fused-ring (bicyclic) bond motifs is 2. The van der Waals surface area contributed by atoms with Gasteiger partial charge in [0.15, 0.2) is 5.82 Å². The molecule has 0 spiro atoms. The Morgan fingerprint density at radius 2 is 1.59 bits per heavy atom. The van der Waals surface area contributed by atoms with E-state index < -0.39 is 0 Å². The van der Waals surface area contributed by atoms with E-state index in [-0.39, 0.29) is 0 Å². The molecule has 0 unspecified atom stereocenters. The summed E-state index contributed by atoms with van der Waals surface area (Å²) < 4.78 is 0. The molecule has 2 N–H and O–H groups in total. The molecule has 4 heteroatoms. The van der Waals surface area contributed by atoms with Crippen molar-refractivity contribution in [3.63, 3.8) is 0 Å². The molecule has 0 fully saturated rings. The standard InChI is InChI=1S/C23H20N4/c1-14(2)15-7-9-16(10-8-15)17-11-12-20-21(13-17)25-23(24-20)22-18-5-3-4-6-19(18)26-27-22/h3-14H,1-2H3,(H,24,25)(H,26,27). The van der Waals surface area contributed by atoms with E-state index in [1.807, 2.05) is 18.2 Å². The molecule has 132 valence electrons. The molecule has 0 atom stereocenters. The van der Waals surface area contributed by atoms with Crippen LogP contribution in [-0.4, -0.2) is 20.2 Å². The lowest BCUT2D eigenvalue weighted by molar-refractivity contribution is 0.867. The normalized spacial score (nSPS) is 11.7. The number of rotatable bonds is 3. The molecule has 0 aliphatic carbocycles. The smallest absolute Gasteiger partial charge is 0.157 e. The van der Waals surface area contributed by atoms with Gasteiger partial charge in [-0.25, -0.2) is 4.98 Å². The van der Waals surface area contributed by atoms with Gasteiger partial charge in [-0.15, -0.1) is 0 Å². The first-order chi connectivity index (χ1) is 13.2. The molecule has 5 aromatic rings. The van der Waals surface area contributed by atoms with Crippen LogP contribution in [0.2, 0.25) is 0 Å². The van der Waals surface area contributed by atoms with Crippen LogP contribution in [0, 0.1) is 0 Å². The van der Waals surface area contributed by atoms with Gasteiger partial charge in [-0.1, -0.05) is 62.4 Å². The minimum atomic E-state index is 0.543. The lowest BCUT2D eigenvalue weighted by Gasteiger charge is -2.07. The highest BCUT2D eigenvalue weighted by molar-refractivity contribution is 5.93. The molecular formula is C23H20N4. The van der Waals surface area contributed by atoms with E-state index in [1.165, 1.54) is 16.7 Å². The quantitative estimate of drug-likeness (QED) is 0.425. The molecule has 0 bridgehead atoms. The first kappa shape index (κ1) is 15.8. The minimum Gasteiger partial charge on any atom is -0.337 e. The maximum absolute atomic E-state index is 4.75. The molecule has 0 aliphatic rings. The highest BCUT2D eigenvalue weighted by Crippen LogP contribution is 2.29. The van der Waals surface area contributed by atoms with Crippen molar-refractivity contribution in [2.75, 3.05) is 0 Å². The Bertz CT molecular complexity index is 1240. The highest BCUT2D eigenvalue weighted by atomic mass is 15.1. The molecule has 0 saturated carbocycles. The molecule has 0 amide bonds. The number of hydrogen-bond donors (Lipinski definition) is 2. The van der Waals surface area contributed by atoms with Crippen LogP contribution in [0.25, 0.3) is 44.6 Å². The van der Waals surface area contributed by atoms with E-state index in [1.54, 1.807) is 0 Å². The second-order valence-corrected chi connectivity index (χ2v) is 7.21. The fourth-order valence-electron chi connectivity index (χ4n) is 3.51. The largest absolute Gasteiger partial charge is 0.337 e. The molecule has 5 rings (SSSR count). The van der Waals surface area contributed by atoms with Crippen LogP contribution in [-0.2, 0) is 0 Å². The zero-order valence-electron chi connectivity index (χ0n) is 15.3. The Kier molecular flexibility index (Phi) is 3.57. The number of nitrogens with one attached hydrogen (secondary N) is 2. The van der Waals surface area contributed by atoms with Crippen LogP contribution in [0.5, 0.6) is 0 Å². The Morgan fingerprint density at radius 3 is 2.41 bits per heavy atom. The van der Waals surface area contributed by atoms with E-state index in [9.17, 15) is 0 Å². The van der Waals surface area contributed by atoms with Crippen LogP contribution in [0.1, 0.15) is 25.3 Å². The summed E-state index contributed by atoms with van der Waals surface area (Å²) in [4.78, 5) is 8.20. The van der Waals surface area contributed by atoms with Crippen molar-refractivity contribution in [3.05, 3.63) is 72.3 Å². The van der Waals surface area contributed by atoms with Crippen LogP contribution in [0.15, 0.2) is 66.7 Å². The Balaban J connectivity index is 1.57. The van der Waals surface area contributed by atoms with Crippen LogP contribution >= 0.6 is 0 Å². The van der Waals surface area contributed by atoms with Gasteiger partial charge in [0.2, 0.25) is 0 Å². The van der Waals surface area contributed by atoms with Gasteiger partial charge in [0.1, 0.15) is 5.69 Å². The number of para-hydroxylation sites is 1. The Hall–Kier alpha value is -3.40. The lowest BCUT2D eigenvalue weighted by Crippen LogP contribution is -1.86. The minimum absolute atomic E-state index is 0.543. The van der Waals surface area contributed by atoms with Crippen molar-refractivity contribution in [2.24, 2.45) is 0 Å². The topological polar surface area (TPSA) is 57.4 Å². The fraction of sp³-hybridized carbons (Fsp3) is 0.130. The molecule has 3 aromatic carbocycles. The molecule has 0 saturated heterocycles. The summed E-state index contributed by atoms with van der Waals surface area (Å²) >= 11 is 0. The monoisotopic (exact) mass is 352 g/mol. The Labute approximate surface area is 157 Å². The van der Waals surface area contributed by atoms with Gasteiger partial charge >= 0.3 is 0 Å². The third-order valence-electron chi connectivity index (χ3n) is 5.09. The average molecular weight is 352 g/mol. The summed E-state index contributed by atoms with van der Waals surface area (Å²) in [6.45, 7) is 4.43. The zero-order chi connectivity index (χ0) is 18.4. The summed E-state index contributed by atoms with van der Waals surface area (Å²) in [5.74, 6) is 1.35. The number of aromatic amines is 2. The van der Waals surface area contributed by atoms with Crippen LogP contribution < -0.4 is 0 Å². The van der Waals surface area contributed by atoms with E-state index in [0.29, 0.717) is 5.92 Å². The average Bonchev–Trinajstić information content (AvgIpc) is 3.31. The maximum atomic E-state index is 4.75. The highest BCUT2D eigenvalue weighted by Gasteiger charge is 2.12. The van der Waals surface area contributed by atoms with Crippen LogP contribution in [0.3, 0.4) is 0 Å². The molecular weight excluding hydrogens is 332 g/mol. The van der Waals surface area contributed by atoms with Crippen LogP contribution in [0.4, 0.5) is 0 Å². The Morgan fingerprint density at radius 1 is 0.815 bits per heavy atom. The summed E-state index contributed by atoms with van der Waals surface area (Å²) in [5.41, 5.74) is 7.59. The third kappa shape index (κ3) is 2.70. The first-order valence-electron chi connectivity index (χ1n) is 9.22. The second-order valence-electron chi connectivity index (χ2n) is 7.21. The SMILES string of the molecule is CC(C)c1ccc(-c2ccc3nc(-c4[nH]nc5ccccc45)[nH]c3c2)cc1. The third-order valence-corrected chi connectivity index (χ3v) is 5.09. The number of hydrogen-bond acceptors (Lipinski definition) is 2. The van der Waals surface area contributed by atoms with Gasteiger partial charge in [0, 0.05) is 5.39 Å². The van der Waals surface area contributed by atoms with Gasteiger partial charge in [-0.2, -0.15) is 5.10 Å².